The lowest BCUT2D eigenvalue weighted by molar-refractivity contribution is -0.122. The predicted octanol–water partition coefficient (Wildman–Crippen LogP) is 2.64. The van der Waals surface area contributed by atoms with Gasteiger partial charge in [-0.3, -0.25) is 9.59 Å². The Balaban J connectivity index is 0. The van der Waals surface area contributed by atoms with Crippen molar-refractivity contribution in [3.63, 3.8) is 0 Å². The van der Waals surface area contributed by atoms with E-state index in [0.717, 1.165) is 12.8 Å². The lowest BCUT2D eigenvalue weighted by atomic mass is 9.98. The highest BCUT2D eigenvalue weighted by atomic mass is 16.2. The molecule has 112 valence electrons. The smallest absolute Gasteiger partial charge is 0.247 e. The first-order valence-electron chi connectivity index (χ1n) is 6.35. The van der Waals surface area contributed by atoms with Gasteiger partial charge in [-0.2, -0.15) is 0 Å². The molecule has 2 rings (SSSR count). The zero-order valence-electron chi connectivity index (χ0n) is 12.0. The topological polar surface area (TPSA) is 58.2 Å². The molecule has 0 aromatic heterocycles. The highest BCUT2D eigenvalue weighted by Gasteiger charge is 2.33. The largest absolute Gasteiger partial charge is 0.351 e. The van der Waals surface area contributed by atoms with Crippen molar-refractivity contribution in [3.05, 3.63) is 12.2 Å². The lowest BCUT2D eigenvalue weighted by Crippen LogP contribution is -2.34. The first-order valence-corrected chi connectivity index (χ1v) is 6.35. The van der Waals surface area contributed by atoms with Crippen LogP contribution in [0.25, 0.3) is 0 Å². The number of carbonyl (C=O) groups excluding carboxylic acids is 2. The molecule has 0 spiro atoms. The molecule has 0 aromatic carbocycles. The third kappa shape index (κ3) is 5.05. The quantitative estimate of drug-likeness (QED) is 0.665. The normalized spacial score (nSPS) is 26.8. The number of amides is 2. The summed E-state index contributed by atoms with van der Waals surface area (Å²) in [7, 11) is 0. The van der Waals surface area contributed by atoms with E-state index in [0.29, 0.717) is 5.57 Å². The molecule has 2 N–H and O–H groups in total. The molecule has 0 aliphatic carbocycles. The molecule has 0 unspecified atom stereocenters. The van der Waals surface area contributed by atoms with Crippen LogP contribution in [0, 0.1) is 5.92 Å². The van der Waals surface area contributed by atoms with Crippen molar-refractivity contribution in [1.82, 2.24) is 10.6 Å². The van der Waals surface area contributed by atoms with Gasteiger partial charge in [0.1, 0.15) is 0 Å². The predicted molar refractivity (Wildman–Crippen MR) is 80.8 cm³/mol. The van der Waals surface area contributed by atoms with E-state index in [2.05, 4.69) is 31.1 Å². The van der Waals surface area contributed by atoms with E-state index in [4.69, 9.17) is 0 Å². The van der Waals surface area contributed by atoms with Gasteiger partial charge in [-0.1, -0.05) is 20.9 Å². The van der Waals surface area contributed by atoms with Crippen LogP contribution < -0.4 is 10.6 Å². The van der Waals surface area contributed by atoms with Crippen LogP contribution in [-0.2, 0) is 9.59 Å². The van der Waals surface area contributed by atoms with Crippen molar-refractivity contribution < 1.29 is 11.0 Å². The Bertz CT molecular complexity index is 371. The SMILES string of the molecule is C.C=C1CC(C)(C)NC1=O.C[C@H]1CC(C)(C)NC1=O.[HH]. The number of nitrogens with one attached hydrogen (secondary N) is 2. The fraction of sp³-hybridized carbons (Fsp3) is 0.733. The molecule has 2 saturated heterocycles. The summed E-state index contributed by atoms with van der Waals surface area (Å²) in [6.07, 6.45) is 1.73. The van der Waals surface area contributed by atoms with Gasteiger partial charge in [0.05, 0.1) is 0 Å². The number of hydrogen-bond acceptors (Lipinski definition) is 2. The summed E-state index contributed by atoms with van der Waals surface area (Å²) >= 11 is 0. The minimum atomic E-state index is -0.0613. The van der Waals surface area contributed by atoms with Crippen LogP contribution in [0.4, 0.5) is 0 Å². The number of rotatable bonds is 0. The molecular formula is C15H30N2O2. The second-order valence-corrected chi connectivity index (χ2v) is 6.60. The van der Waals surface area contributed by atoms with Gasteiger partial charge in [-0.25, -0.2) is 0 Å². The molecule has 4 nitrogen and oxygen atoms in total. The maximum atomic E-state index is 10.9. The van der Waals surface area contributed by atoms with E-state index < -0.39 is 0 Å². The summed E-state index contributed by atoms with van der Waals surface area (Å²) in [6, 6.07) is 0. The molecule has 2 heterocycles. The van der Waals surface area contributed by atoms with Gasteiger partial charge in [0.2, 0.25) is 11.8 Å². The third-order valence-corrected chi connectivity index (χ3v) is 3.15. The molecule has 0 radical (unpaired) electrons. The molecule has 2 aliphatic rings. The Morgan fingerprint density at radius 1 is 1.16 bits per heavy atom. The Hall–Kier alpha value is -1.32. The molecule has 2 fully saturated rings. The summed E-state index contributed by atoms with van der Waals surface area (Å²) < 4.78 is 0. The average molecular weight is 270 g/mol. The lowest BCUT2D eigenvalue weighted by Gasteiger charge is -2.15. The highest BCUT2D eigenvalue weighted by molar-refractivity contribution is 5.96. The van der Waals surface area contributed by atoms with E-state index in [1.165, 1.54) is 0 Å². The van der Waals surface area contributed by atoms with Gasteiger partial charge in [0.25, 0.3) is 0 Å². The zero-order chi connectivity index (χ0) is 14.1. The van der Waals surface area contributed by atoms with Gasteiger partial charge in [-0.05, 0) is 40.5 Å². The summed E-state index contributed by atoms with van der Waals surface area (Å²) in [6.45, 7) is 13.7. The van der Waals surface area contributed by atoms with Crippen LogP contribution in [0.3, 0.4) is 0 Å². The molecule has 2 aliphatic heterocycles. The molecule has 2 amide bonds. The maximum Gasteiger partial charge on any atom is 0.247 e. The monoisotopic (exact) mass is 270 g/mol. The van der Waals surface area contributed by atoms with Crippen molar-refractivity contribution in [2.45, 2.75) is 66.0 Å². The first-order chi connectivity index (χ1) is 8.02. The third-order valence-electron chi connectivity index (χ3n) is 3.15. The number of carbonyl (C=O) groups is 2. The van der Waals surface area contributed by atoms with E-state index in [-0.39, 0.29) is 37.7 Å². The Morgan fingerprint density at radius 3 is 1.79 bits per heavy atom. The van der Waals surface area contributed by atoms with Crippen LogP contribution in [0.1, 0.15) is 56.3 Å². The second-order valence-electron chi connectivity index (χ2n) is 6.60. The van der Waals surface area contributed by atoms with Crippen LogP contribution in [0.5, 0.6) is 0 Å². The van der Waals surface area contributed by atoms with E-state index in [1.54, 1.807) is 0 Å². The van der Waals surface area contributed by atoms with Crippen molar-refractivity contribution in [2.75, 3.05) is 0 Å². The molecule has 0 saturated carbocycles. The average Bonchev–Trinajstić information content (AvgIpc) is 2.49. The molecule has 19 heavy (non-hydrogen) atoms. The van der Waals surface area contributed by atoms with Gasteiger partial charge in [0.15, 0.2) is 0 Å². The molecule has 0 aromatic rings. The van der Waals surface area contributed by atoms with Crippen LogP contribution in [0.2, 0.25) is 0 Å². The summed E-state index contributed by atoms with van der Waals surface area (Å²) in [4.78, 5) is 21.7. The van der Waals surface area contributed by atoms with Crippen molar-refractivity contribution in [3.8, 4) is 0 Å². The van der Waals surface area contributed by atoms with Gasteiger partial charge in [-0.15, -0.1) is 0 Å². The minimum absolute atomic E-state index is 0. The molecule has 4 heteroatoms. The summed E-state index contributed by atoms with van der Waals surface area (Å²) in [5, 5.41) is 5.71. The van der Waals surface area contributed by atoms with Crippen molar-refractivity contribution in [1.29, 1.82) is 0 Å². The van der Waals surface area contributed by atoms with Gasteiger partial charge in [0, 0.05) is 24.0 Å². The second kappa shape index (κ2) is 5.76. The van der Waals surface area contributed by atoms with Crippen molar-refractivity contribution >= 4 is 11.8 Å². The van der Waals surface area contributed by atoms with E-state index in [1.807, 2.05) is 20.8 Å². The first kappa shape index (κ1) is 17.7. The van der Waals surface area contributed by atoms with Gasteiger partial charge < -0.3 is 10.6 Å². The van der Waals surface area contributed by atoms with Crippen LogP contribution in [-0.4, -0.2) is 22.9 Å². The fourth-order valence-corrected chi connectivity index (χ4v) is 2.42. The highest BCUT2D eigenvalue weighted by Crippen LogP contribution is 2.23. The Morgan fingerprint density at radius 2 is 1.68 bits per heavy atom. The summed E-state index contributed by atoms with van der Waals surface area (Å²) in [5.41, 5.74) is 0.671. The van der Waals surface area contributed by atoms with Gasteiger partial charge >= 0.3 is 0 Å². The Labute approximate surface area is 118 Å². The molecular weight excluding hydrogens is 240 g/mol. The zero-order valence-corrected chi connectivity index (χ0v) is 12.0. The van der Waals surface area contributed by atoms with Crippen LogP contribution >= 0.6 is 0 Å². The molecule has 1 atom stereocenters. The fourth-order valence-electron chi connectivity index (χ4n) is 2.42. The van der Waals surface area contributed by atoms with Crippen molar-refractivity contribution in [2.24, 2.45) is 5.92 Å². The van der Waals surface area contributed by atoms with E-state index in [9.17, 15) is 9.59 Å². The number of hydrogen-bond donors (Lipinski definition) is 2. The van der Waals surface area contributed by atoms with E-state index >= 15 is 0 Å². The standard InChI is InChI=1S/C7H13NO.C7H11NO.CH4.H2/c2*1-5-4-7(2,3)8-6(5)9;;/h5H,4H2,1-3H3,(H,8,9);1,4H2,2-3H3,(H,8,9);1H4;1H/t5-;;;/m0.../s1. The maximum absolute atomic E-state index is 10.9. The van der Waals surface area contributed by atoms with Crippen LogP contribution in [0.15, 0.2) is 12.2 Å². The minimum Gasteiger partial charge on any atom is -0.351 e. The summed E-state index contributed by atoms with van der Waals surface area (Å²) in [5.74, 6) is 0.403. The Kier molecular flexibility index (Phi) is 5.36. The molecule has 0 bridgehead atoms.